The molecule has 3 aromatic rings. The summed E-state index contributed by atoms with van der Waals surface area (Å²) in [5.74, 6) is 0.894. The number of cyclic esters (lactones) is 1. The number of benzene rings is 3. The van der Waals surface area contributed by atoms with Crippen LogP contribution >= 0.6 is 0 Å². The van der Waals surface area contributed by atoms with Crippen molar-refractivity contribution in [3.8, 4) is 11.5 Å². The van der Waals surface area contributed by atoms with Crippen molar-refractivity contribution in [2.24, 2.45) is 0 Å². The van der Waals surface area contributed by atoms with E-state index in [1.165, 1.54) is 0 Å². The van der Waals surface area contributed by atoms with E-state index in [0.29, 0.717) is 42.0 Å². The predicted octanol–water partition coefficient (Wildman–Crippen LogP) is 4.47. The molecule has 1 atom stereocenters. The summed E-state index contributed by atoms with van der Waals surface area (Å²) in [5.41, 5.74) is 3.91. The molecular weight excluding hydrogens is 418 g/mol. The summed E-state index contributed by atoms with van der Waals surface area (Å²) < 4.78 is 16.3. The van der Waals surface area contributed by atoms with Gasteiger partial charge in [0.25, 0.3) is 5.91 Å². The number of rotatable bonds is 7. The average molecular weight is 446 g/mol. The first-order valence-electron chi connectivity index (χ1n) is 10.9. The Hall–Kier alpha value is -3.80. The fourth-order valence-electron chi connectivity index (χ4n) is 4.04. The molecular formula is C27H27NO5. The smallest absolute Gasteiger partial charge is 0.339 e. The Labute approximate surface area is 193 Å². The van der Waals surface area contributed by atoms with E-state index in [4.69, 9.17) is 14.2 Å². The zero-order valence-corrected chi connectivity index (χ0v) is 19.0. The van der Waals surface area contributed by atoms with Gasteiger partial charge in [-0.25, -0.2) is 4.79 Å². The molecule has 1 unspecified atom stereocenters. The number of esters is 1. The zero-order valence-electron chi connectivity index (χ0n) is 19.0. The van der Waals surface area contributed by atoms with E-state index in [9.17, 15) is 9.59 Å². The minimum atomic E-state index is -0.356. The van der Waals surface area contributed by atoms with E-state index in [0.717, 1.165) is 16.7 Å². The third kappa shape index (κ3) is 4.85. The van der Waals surface area contributed by atoms with Crippen molar-refractivity contribution in [3.63, 3.8) is 0 Å². The van der Waals surface area contributed by atoms with Crippen LogP contribution in [0.2, 0.25) is 0 Å². The summed E-state index contributed by atoms with van der Waals surface area (Å²) in [7, 11) is 4.99. The second-order valence-corrected chi connectivity index (χ2v) is 8.05. The second-order valence-electron chi connectivity index (χ2n) is 8.05. The van der Waals surface area contributed by atoms with Gasteiger partial charge in [-0.3, -0.25) is 4.79 Å². The van der Waals surface area contributed by atoms with Crippen LogP contribution in [-0.2, 0) is 17.6 Å². The highest BCUT2D eigenvalue weighted by Gasteiger charge is 2.28. The van der Waals surface area contributed by atoms with Crippen LogP contribution in [0.3, 0.4) is 0 Å². The summed E-state index contributed by atoms with van der Waals surface area (Å²) >= 11 is 0. The summed E-state index contributed by atoms with van der Waals surface area (Å²) in [5, 5.41) is 0. The Kier molecular flexibility index (Phi) is 6.63. The van der Waals surface area contributed by atoms with Gasteiger partial charge in [0.2, 0.25) is 0 Å². The number of ether oxygens (including phenoxy) is 3. The average Bonchev–Trinajstić information content (AvgIpc) is 2.86. The molecule has 6 nitrogen and oxygen atoms in total. The van der Waals surface area contributed by atoms with Crippen LogP contribution in [0, 0.1) is 0 Å². The van der Waals surface area contributed by atoms with E-state index < -0.39 is 0 Å². The predicted molar refractivity (Wildman–Crippen MR) is 125 cm³/mol. The van der Waals surface area contributed by atoms with Crippen LogP contribution in [0.15, 0.2) is 66.7 Å². The third-order valence-corrected chi connectivity index (χ3v) is 5.93. The summed E-state index contributed by atoms with van der Waals surface area (Å²) in [4.78, 5) is 27.3. The van der Waals surface area contributed by atoms with Gasteiger partial charge in [0, 0.05) is 25.6 Å². The molecule has 1 amide bonds. The van der Waals surface area contributed by atoms with Gasteiger partial charge in [-0.15, -0.1) is 0 Å². The van der Waals surface area contributed by atoms with Crippen LogP contribution in [0.25, 0.3) is 0 Å². The van der Waals surface area contributed by atoms with E-state index in [1.807, 2.05) is 54.6 Å². The highest BCUT2D eigenvalue weighted by Crippen LogP contribution is 2.31. The number of nitrogens with zero attached hydrogens (tertiary/aromatic N) is 1. The van der Waals surface area contributed by atoms with Gasteiger partial charge in [-0.1, -0.05) is 36.4 Å². The highest BCUT2D eigenvalue weighted by molar-refractivity contribution is 5.97. The number of amides is 1. The number of hydrogen-bond donors (Lipinski definition) is 0. The molecule has 33 heavy (non-hydrogen) atoms. The van der Waals surface area contributed by atoms with Crippen molar-refractivity contribution >= 4 is 11.9 Å². The molecule has 0 saturated heterocycles. The van der Waals surface area contributed by atoms with E-state index in [-0.39, 0.29) is 18.0 Å². The monoisotopic (exact) mass is 445 g/mol. The number of methoxy groups -OCH3 is 2. The lowest BCUT2D eigenvalue weighted by Crippen LogP contribution is -2.29. The van der Waals surface area contributed by atoms with Gasteiger partial charge < -0.3 is 19.1 Å². The second kappa shape index (κ2) is 9.77. The third-order valence-electron chi connectivity index (χ3n) is 5.93. The molecule has 0 aliphatic carbocycles. The van der Waals surface area contributed by atoms with Gasteiger partial charge in [0.1, 0.15) is 6.10 Å². The van der Waals surface area contributed by atoms with E-state index >= 15 is 0 Å². The summed E-state index contributed by atoms with van der Waals surface area (Å²) in [6, 6.07) is 20.6. The normalized spacial score (nSPS) is 14.8. The van der Waals surface area contributed by atoms with Crippen LogP contribution < -0.4 is 9.47 Å². The number of carbonyl (C=O) groups excluding carboxylic acids is 2. The van der Waals surface area contributed by atoms with Gasteiger partial charge >= 0.3 is 5.97 Å². The van der Waals surface area contributed by atoms with Crippen LogP contribution in [0.1, 0.15) is 43.5 Å². The Morgan fingerprint density at radius 1 is 1.00 bits per heavy atom. The van der Waals surface area contributed by atoms with Crippen molar-refractivity contribution in [1.82, 2.24) is 4.90 Å². The number of fused-ring (bicyclic) bond motifs is 1. The van der Waals surface area contributed by atoms with E-state index in [2.05, 4.69) is 0 Å². The fourth-order valence-corrected chi connectivity index (χ4v) is 4.04. The van der Waals surface area contributed by atoms with Crippen molar-refractivity contribution in [2.75, 3.05) is 27.8 Å². The van der Waals surface area contributed by atoms with Crippen LogP contribution in [-0.4, -0.2) is 44.6 Å². The number of likely N-dealkylation sites (N-methyl/N-ethyl adjacent to an activating group) is 1. The van der Waals surface area contributed by atoms with Crippen molar-refractivity contribution in [3.05, 3.63) is 94.5 Å². The molecule has 0 N–H and O–H groups in total. The van der Waals surface area contributed by atoms with Crippen molar-refractivity contribution in [2.45, 2.75) is 18.9 Å². The van der Waals surface area contributed by atoms with Crippen molar-refractivity contribution < 1.29 is 23.8 Å². The number of hydrogen-bond acceptors (Lipinski definition) is 5. The largest absolute Gasteiger partial charge is 0.493 e. The maximum Gasteiger partial charge on any atom is 0.339 e. The molecule has 6 heteroatoms. The minimum absolute atomic E-state index is 0.0894. The van der Waals surface area contributed by atoms with Gasteiger partial charge in [-0.05, 0) is 53.4 Å². The Morgan fingerprint density at radius 2 is 1.76 bits per heavy atom. The quantitative estimate of drug-likeness (QED) is 0.502. The minimum Gasteiger partial charge on any atom is -0.493 e. The molecule has 1 aliphatic rings. The lowest BCUT2D eigenvalue weighted by atomic mass is 9.93. The maximum absolute atomic E-state index is 13.1. The molecule has 0 spiro atoms. The molecule has 1 aliphatic heterocycles. The Bertz CT molecular complexity index is 1160. The molecule has 4 rings (SSSR count). The summed E-state index contributed by atoms with van der Waals surface area (Å²) in [6.07, 6.45) is 0.872. The standard InChI is InChI=1S/C27H27NO5/c1-28(14-13-18-9-12-23(31-2)25(15-18)32-3)26(29)20-10-11-22-21(16-20)17-24(33-27(22)30)19-7-5-4-6-8-19/h4-12,15-16,24H,13-14,17H2,1-3H3. The first-order chi connectivity index (χ1) is 16.0. The van der Waals surface area contributed by atoms with Gasteiger partial charge in [0.15, 0.2) is 11.5 Å². The molecule has 0 radical (unpaired) electrons. The van der Waals surface area contributed by atoms with Crippen molar-refractivity contribution in [1.29, 1.82) is 0 Å². The zero-order chi connectivity index (χ0) is 23.4. The van der Waals surface area contributed by atoms with Crippen LogP contribution in [0.4, 0.5) is 0 Å². The molecule has 3 aromatic carbocycles. The van der Waals surface area contributed by atoms with Crippen LogP contribution in [0.5, 0.6) is 11.5 Å². The van der Waals surface area contributed by atoms with Gasteiger partial charge in [-0.2, -0.15) is 0 Å². The first kappa shape index (κ1) is 22.4. The maximum atomic E-state index is 13.1. The SMILES string of the molecule is COc1ccc(CCN(C)C(=O)c2ccc3c(c2)CC(c2ccccc2)OC3=O)cc1OC. The lowest BCUT2D eigenvalue weighted by Gasteiger charge is -2.26. The summed E-state index contributed by atoms with van der Waals surface area (Å²) in [6.45, 7) is 0.542. The first-order valence-corrected chi connectivity index (χ1v) is 10.9. The molecule has 1 heterocycles. The molecule has 0 bridgehead atoms. The molecule has 0 fully saturated rings. The Morgan fingerprint density at radius 3 is 2.48 bits per heavy atom. The molecule has 0 aromatic heterocycles. The lowest BCUT2D eigenvalue weighted by molar-refractivity contribution is 0.0252. The Balaban J connectivity index is 1.46. The number of carbonyl (C=O) groups is 2. The van der Waals surface area contributed by atoms with E-state index in [1.54, 1.807) is 38.3 Å². The highest BCUT2D eigenvalue weighted by atomic mass is 16.5. The molecule has 170 valence electrons. The fraction of sp³-hybridized carbons (Fsp3) is 0.259. The topological polar surface area (TPSA) is 65.1 Å². The molecule has 0 saturated carbocycles. The van der Waals surface area contributed by atoms with Gasteiger partial charge in [0.05, 0.1) is 19.8 Å².